The van der Waals surface area contributed by atoms with Crippen LogP contribution in [0, 0.1) is 0 Å². The number of allylic oxidation sites excluding steroid dienone is 3. The van der Waals surface area contributed by atoms with E-state index in [2.05, 4.69) is 23.4 Å². The molecule has 0 saturated carbocycles. The molecule has 5 nitrogen and oxygen atoms in total. The number of ether oxygens (including phenoxy) is 1. The van der Waals surface area contributed by atoms with E-state index in [0.717, 1.165) is 49.1 Å². The first-order chi connectivity index (χ1) is 12.8. The summed E-state index contributed by atoms with van der Waals surface area (Å²) in [7, 11) is 0. The van der Waals surface area contributed by atoms with Crippen molar-refractivity contribution in [2.24, 2.45) is 5.16 Å². The molecule has 1 unspecified atom stereocenters. The minimum atomic E-state index is -0.208. The number of carbonyl (C=O) groups is 1. The Hall–Kier alpha value is -2.56. The van der Waals surface area contributed by atoms with Crippen LogP contribution >= 0.6 is 0 Å². The van der Waals surface area contributed by atoms with Crippen molar-refractivity contribution in [2.75, 3.05) is 13.2 Å². The maximum Gasteiger partial charge on any atom is 0.410 e. The van der Waals surface area contributed by atoms with E-state index in [1.165, 1.54) is 0 Å². The minimum absolute atomic E-state index is 0.172. The predicted molar refractivity (Wildman–Crippen MR) is 102 cm³/mol. The molecular weight excluding hydrogens is 328 g/mol. The molecule has 1 amide bonds. The largest absolute Gasteiger partial charge is 0.450 e. The van der Waals surface area contributed by atoms with Crippen LogP contribution < -0.4 is 0 Å². The van der Waals surface area contributed by atoms with Crippen LogP contribution in [0.2, 0.25) is 0 Å². The molecule has 1 fully saturated rings. The topological polar surface area (TPSA) is 51.1 Å². The fourth-order valence-corrected chi connectivity index (χ4v) is 3.38. The molecule has 1 heterocycles. The first kappa shape index (κ1) is 18.2. The van der Waals surface area contributed by atoms with E-state index in [4.69, 9.17) is 9.57 Å². The average Bonchev–Trinajstić information content (AvgIpc) is 3.12. The van der Waals surface area contributed by atoms with Crippen molar-refractivity contribution in [3.05, 3.63) is 59.7 Å². The Morgan fingerprint density at radius 2 is 2.15 bits per heavy atom. The van der Waals surface area contributed by atoms with E-state index in [9.17, 15) is 4.79 Å². The van der Waals surface area contributed by atoms with Crippen LogP contribution in [0.15, 0.2) is 59.3 Å². The van der Waals surface area contributed by atoms with Crippen molar-refractivity contribution < 1.29 is 14.4 Å². The molecule has 2 aliphatic rings. The lowest BCUT2D eigenvalue weighted by Crippen LogP contribution is -2.36. The number of rotatable bonds is 6. The lowest BCUT2D eigenvalue weighted by molar-refractivity contribution is 0.103. The van der Waals surface area contributed by atoms with Gasteiger partial charge >= 0.3 is 6.09 Å². The van der Waals surface area contributed by atoms with Gasteiger partial charge in [-0.25, -0.2) is 4.79 Å². The van der Waals surface area contributed by atoms with E-state index in [1.807, 2.05) is 42.2 Å². The van der Waals surface area contributed by atoms with E-state index in [1.54, 1.807) is 0 Å². The summed E-state index contributed by atoms with van der Waals surface area (Å²) in [6.45, 7) is 3.48. The van der Waals surface area contributed by atoms with Gasteiger partial charge in [0.05, 0.1) is 12.3 Å². The molecular formula is C21H26N2O3. The van der Waals surface area contributed by atoms with Gasteiger partial charge in [-0.15, -0.1) is 0 Å². The lowest BCUT2D eigenvalue weighted by atomic mass is 9.95. The molecule has 1 aromatic carbocycles. The Morgan fingerprint density at radius 1 is 1.31 bits per heavy atom. The van der Waals surface area contributed by atoms with Gasteiger partial charge in [0.25, 0.3) is 0 Å². The smallest absolute Gasteiger partial charge is 0.410 e. The highest BCUT2D eigenvalue weighted by molar-refractivity contribution is 6.02. The Balaban J connectivity index is 1.61. The molecule has 3 rings (SSSR count). The summed E-state index contributed by atoms with van der Waals surface area (Å²) in [5.74, 6) is 0. The molecule has 26 heavy (non-hydrogen) atoms. The van der Waals surface area contributed by atoms with E-state index in [0.29, 0.717) is 13.2 Å². The number of oxime groups is 1. The molecule has 0 aromatic heterocycles. The number of carbonyl (C=O) groups excluding carboxylic acids is 1. The fourth-order valence-electron chi connectivity index (χ4n) is 3.38. The number of benzene rings is 1. The van der Waals surface area contributed by atoms with E-state index < -0.39 is 0 Å². The summed E-state index contributed by atoms with van der Waals surface area (Å²) in [5.41, 5.74) is 3.18. The second kappa shape index (κ2) is 9.22. The molecule has 1 aliphatic heterocycles. The van der Waals surface area contributed by atoms with Crippen LogP contribution in [-0.4, -0.2) is 35.9 Å². The van der Waals surface area contributed by atoms with Gasteiger partial charge in [-0.2, -0.15) is 0 Å². The highest BCUT2D eigenvalue weighted by Crippen LogP contribution is 2.26. The lowest BCUT2D eigenvalue weighted by Gasteiger charge is -2.25. The highest BCUT2D eigenvalue weighted by Gasteiger charge is 2.31. The third-order valence-corrected chi connectivity index (χ3v) is 4.70. The maximum absolute atomic E-state index is 12.1. The molecule has 1 aromatic rings. The van der Waals surface area contributed by atoms with Crippen molar-refractivity contribution in [1.29, 1.82) is 0 Å². The standard InChI is InChI=1S/C21H26N2O3/c1-2-25-21(24)23-14-8-12-19(23)15-18-11-6-7-13-20(18)22-26-16-17-9-4-3-5-10-17/h3-7,9-11,19H,2,8,12-16H2,1H3. The average molecular weight is 354 g/mol. The van der Waals surface area contributed by atoms with Gasteiger partial charge < -0.3 is 14.5 Å². The fraction of sp³-hybridized carbons (Fsp3) is 0.429. The molecule has 1 atom stereocenters. The molecule has 1 aliphatic carbocycles. The van der Waals surface area contributed by atoms with Crippen molar-refractivity contribution in [3.8, 4) is 0 Å². The number of nitrogens with zero attached hydrogens (tertiary/aromatic N) is 2. The summed E-state index contributed by atoms with van der Waals surface area (Å²) in [6, 6.07) is 10.2. The minimum Gasteiger partial charge on any atom is -0.450 e. The van der Waals surface area contributed by atoms with Crippen LogP contribution in [0.3, 0.4) is 0 Å². The van der Waals surface area contributed by atoms with Crippen LogP contribution in [-0.2, 0) is 16.2 Å². The summed E-state index contributed by atoms with van der Waals surface area (Å²) in [4.78, 5) is 19.6. The number of hydrogen-bond donors (Lipinski definition) is 0. The SMILES string of the molecule is CCOC(=O)N1CCCC1CC1=CC=CCC1=NOCc1ccccc1. The van der Waals surface area contributed by atoms with Gasteiger partial charge in [0.2, 0.25) is 0 Å². The van der Waals surface area contributed by atoms with Crippen LogP contribution in [0.5, 0.6) is 0 Å². The van der Waals surface area contributed by atoms with Gasteiger partial charge in [-0.1, -0.05) is 53.7 Å². The van der Waals surface area contributed by atoms with Crippen molar-refractivity contribution in [3.63, 3.8) is 0 Å². The van der Waals surface area contributed by atoms with Gasteiger partial charge in [0.1, 0.15) is 6.61 Å². The number of hydrogen-bond acceptors (Lipinski definition) is 4. The molecule has 0 bridgehead atoms. The van der Waals surface area contributed by atoms with Crippen LogP contribution in [0.25, 0.3) is 0 Å². The van der Waals surface area contributed by atoms with Crippen molar-refractivity contribution in [2.45, 2.75) is 45.3 Å². The molecule has 0 radical (unpaired) electrons. The first-order valence-electron chi connectivity index (χ1n) is 9.30. The van der Waals surface area contributed by atoms with Gasteiger partial charge in [0.15, 0.2) is 0 Å². The van der Waals surface area contributed by atoms with Gasteiger partial charge in [-0.3, -0.25) is 0 Å². The molecule has 1 saturated heterocycles. The monoisotopic (exact) mass is 354 g/mol. The Morgan fingerprint density at radius 3 is 2.96 bits per heavy atom. The van der Waals surface area contributed by atoms with E-state index >= 15 is 0 Å². The quantitative estimate of drug-likeness (QED) is 0.709. The predicted octanol–water partition coefficient (Wildman–Crippen LogP) is 4.46. The summed E-state index contributed by atoms with van der Waals surface area (Å²) in [6.07, 6.45) is 9.56. The second-order valence-electron chi connectivity index (χ2n) is 6.51. The Bertz CT molecular complexity index is 694. The van der Waals surface area contributed by atoms with Crippen LogP contribution in [0.1, 0.15) is 38.2 Å². The summed E-state index contributed by atoms with van der Waals surface area (Å²) < 4.78 is 5.18. The molecule has 138 valence electrons. The van der Waals surface area contributed by atoms with Crippen molar-refractivity contribution in [1.82, 2.24) is 4.90 Å². The molecule has 0 spiro atoms. The third-order valence-electron chi connectivity index (χ3n) is 4.70. The van der Waals surface area contributed by atoms with Crippen LogP contribution in [0.4, 0.5) is 4.79 Å². The molecule has 0 N–H and O–H groups in total. The van der Waals surface area contributed by atoms with Crippen molar-refractivity contribution >= 4 is 11.8 Å². The summed E-state index contributed by atoms with van der Waals surface area (Å²) >= 11 is 0. The molecule has 5 heteroatoms. The van der Waals surface area contributed by atoms with Gasteiger partial charge in [0, 0.05) is 19.0 Å². The zero-order valence-corrected chi connectivity index (χ0v) is 15.3. The first-order valence-corrected chi connectivity index (χ1v) is 9.30. The zero-order valence-electron chi connectivity index (χ0n) is 15.3. The zero-order chi connectivity index (χ0) is 18.2. The normalized spacial score (nSPS) is 21.0. The van der Waals surface area contributed by atoms with Gasteiger partial charge in [-0.05, 0) is 37.3 Å². The number of likely N-dealkylation sites (tertiary alicyclic amines) is 1. The Kier molecular flexibility index (Phi) is 6.47. The third kappa shape index (κ3) is 4.75. The highest BCUT2D eigenvalue weighted by atomic mass is 16.6. The Labute approximate surface area is 155 Å². The number of amides is 1. The second-order valence-corrected chi connectivity index (χ2v) is 6.51. The van der Waals surface area contributed by atoms with E-state index in [-0.39, 0.29) is 12.1 Å². The summed E-state index contributed by atoms with van der Waals surface area (Å²) in [5, 5.41) is 4.37. The maximum atomic E-state index is 12.1.